The van der Waals surface area contributed by atoms with Crippen molar-refractivity contribution in [3.05, 3.63) is 65.2 Å². The van der Waals surface area contributed by atoms with E-state index in [0.717, 1.165) is 17.7 Å². The maximum atomic E-state index is 3.28. The highest BCUT2D eigenvalue weighted by Crippen LogP contribution is 2.29. The molecule has 3 rings (SSSR count). The van der Waals surface area contributed by atoms with Crippen molar-refractivity contribution >= 4 is 17.6 Å². The van der Waals surface area contributed by atoms with Crippen molar-refractivity contribution in [3.8, 4) is 11.8 Å². The molecule has 2 heteroatoms. The largest absolute Gasteiger partial charge is 0.311 e. The van der Waals surface area contributed by atoms with E-state index in [2.05, 4.69) is 58.8 Å². The van der Waals surface area contributed by atoms with Crippen molar-refractivity contribution in [2.75, 3.05) is 10.6 Å². The number of rotatable bonds is 1. The van der Waals surface area contributed by atoms with Gasteiger partial charge in [0.05, 0.1) is 12.2 Å². The molecule has 0 saturated heterocycles. The summed E-state index contributed by atoms with van der Waals surface area (Å²) in [5.41, 5.74) is 4.72. The minimum atomic E-state index is 0.892. The molecule has 0 bridgehead atoms. The fourth-order valence-electron chi connectivity index (χ4n) is 2.11. The molecule has 0 fully saturated rings. The third kappa shape index (κ3) is 1.98. The number of anilines is 1. The van der Waals surface area contributed by atoms with E-state index in [1.165, 1.54) is 11.3 Å². The molecule has 0 saturated carbocycles. The van der Waals surface area contributed by atoms with Gasteiger partial charge in [0, 0.05) is 17.4 Å². The smallest absolute Gasteiger partial charge is 0.0630 e. The predicted octanol–water partition coefficient (Wildman–Crippen LogP) is 3.68. The van der Waals surface area contributed by atoms with Gasteiger partial charge >= 0.3 is 0 Å². The van der Waals surface area contributed by atoms with Crippen molar-refractivity contribution in [1.29, 1.82) is 0 Å². The van der Waals surface area contributed by atoms with Crippen LogP contribution in [0.4, 0.5) is 5.69 Å². The molecule has 18 heavy (non-hydrogen) atoms. The molecule has 0 aliphatic carbocycles. The highest BCUT2D eigenvalue weighted by molar-refractivity contribution is 7.99. The van der Waals surface area contributed by atoms with Crippen LogP contribution < -0.4 is 4.31 Å². The molecule has 0 radical (unpaired) electrons. The van der Waals surface area contributed by atoms with Crippen LogP contribution >= 0.6 is 11.9 Å². The van der Waals surface area contributed by atoms with Crippen LogP contribution in [0.5, 0.6) is 0 Å². The summed E-state index contributed by atoms with van der Waals surface area (Å²) in [6.45, 7) is 0.892. The first-order chi connectivity index (χ1) is 8.88. The Labute approximate surface area is 112 Å². The third-order valence-corrected chi connectivity index (χ3v) is 3.82. The number of fused-ring (bicyclic) bond motifs is 2. The zero-order valence-electron chi connectivity index (χ0n) is 10.2. The monoisotopic (exact) mass is 251 g/mol. The summed E-state index contributed by atoms with van der Waals surface area (Å²) < 4.78 is 2.29. The van der Waals surface area contributed by atoms with Gasteiger partial charge in [-0.2, -0.15) is 0 Å². The summed E-state index contributed by atoms with van der Waals surface area (Å²) in [4.78, 5) is 0. The van der Waals surface area contributed by atoms with Crippen LogP contribution in [0, 0.1) is 11.8 Å². The van der Waals surface area contributed by atoms with E-state index < -0.39 is 0 Å². The van der Waals surface area contributed by atoms with E-state index in [4.69, 9.17) is 0 Å². The van der Waals surface area contributed by atoms with Crippen molar-refractivity contribution in [2.45, 2.75) is 6.54 Å². The highest BCUT2D eigenvalue weighted by atomic mass is 32.2. The molecule has 1 aliphatic heterocycles. The zero-order chi connectivity index (χ0) is 12.4. The minimum Gasteiger partial charge on any atom is -0.311 e. The second-order valence-electron chi connectivity index (χ2n) is 4.14. The first kappa shape index (κ1) is 11.3. The summed E-state index contributed by atoms with van der Waals surface area (Å²) in [5.74, 6) is 6.56. The maximum absolute atomic E-state index is 3.28. The van der Waals surface area contributed by atoms with Crippen LogP contribution in [-0.2, 0) is 6.54 Å². The Bertz CT molecular complexity index is 637. The fourth-order valence-corrected chi connectivity index (χ4v) is 2.74. The van der Waals surface area contributed by atoms with Gasteiger partial charge in [-0.05, 0) is 23.8 Å². The van der Waals surface area contributed by atoms with Crippen LogP contribution in [0.2, 0.25) is 0 Å². The molecule has 1 heterocycles. The van der Waals surface area contributed by atoms with Crippen LogP contribution in [-0.4, -0.2) is 6.26 Å². The number of nitrogens with zero attached hydrogens (tertiary/aromatic N) is 1. The van der Waals surface area contributed by atoms with Gasteiger partial charge < -0.3 is 4.31 Å². The van der Waals surface area contributed by atoms with Gasteiger partial charge in [0.15, 0.2) is 0 Å². The fraction of sp³-hybridized carbons (Fsp3) is 0.125. The Morgan fingerprint density at radius 2 is 1.61 bits per heavy atom. The summed E-state index contributed by atoms with van der Waals surface area (Å²) in [7, 11) is 0. The molecule has 0 amide bonds. The lowest BCUT2D eigenvalue weighted by atomic mass is 10.0. The Morgan fingerprint density at radius 3 is 2.44 bits per heavy atom. The molecule has 2 aromatic rings. The normalized spacial score (nSPS) is 12.6. The molecular formula is C16H13NS. The molecular weight excluding hydrogens is 238 g/mol. The van der Waals surface area contributed by atoms with Crippen LogP contribution in [0.1, 0.15) is 16.7 Å². The van der Waals surface area contributed by atoms with Gasteiger partial charge in [0.2, 0.25) is 0 Å². The number of hydrogen-bond donors (Lipinski definition) is 0. The van der Waals surface area contributed by atoms with Gasteiger partial charge in [0.1, 0.15) is 0 Å². The van der Waals surface area contributed by atoms with E-state index in [0.29, 0.717) is 0 Å². The topological polar surface area (TPSA) is 3.24 Å². The summed E-state index contributed by atoms with van der Waals surface area (Å²) in [6, 6.07) is 16.7. The second-order valence-corrected chi connectivity index (χ2v) is 4.95. The quantitative estimate of drug-likeness (QED) is 0.562. The zero-order valence-corrected chi connectivity index (χ0v) is 11.0. The Hall–Kier alpha value is -1.85. The number of hydrogen-bond acceptors (Lipinski definition) is 2. The van der Waals surface area contributed by atoms with Crippen molar-refractivity contribution in [1.82, 2.24) is 0 Å². The predicted molar refractivity (Wildman–Crippen MR) is 78.6 cm³/mol. The minimum absolute atomic E-state index is 0.892. The van der Waals surface area contributed by atoms with Gasteiger partial charge in [-0.1, -0.05) is 54.1 Å². The first-order valence-electron chi connectivity index (χ1n) is 5.89. The molecule has 2 aromatic carbocycles. The van der Waals surface area contributed by atoms with Crippen LogP contribution in [0.25, 0.3) is 0 Å². The van der Waals surface area contributed by atoms with Crippen molar-refractivity contribution in [2.24, 2.45) is 0 Å². The lowest BCUT2D eigenvalue weighted by molar-refractivity contribution is 1.05. The van der Waals surface area contributed by atoms with Crippen molar-refractivity contribution in [3.63, 3.8) is 0 Å². The third-order valence-electron chi connectivity index (χ3n) is 3.06. The Morgan fingerprint density at radius 1 is 0.944 bits per heavy atom. The van der Waals surface area contributed by atoms with Crippen molar-refractivity contribution < 1.29 is 0 Å². The average molecular weight is 251 g/mol. The Kier molecular flexibility index (Phi) is 3.00. The van der Waals surface area contributed by atoms with E-state index in [1.54, 1.807) is 11.9 Å². The summed E-state index contributed by atoms with van der Waals surface area (Å²) >= 11 is 1.74. The lowest BCUT2D eigenvalue weighted by Gasteiger charge is -2.24. The van der Waals surface area contributed by atoms with Crippen LogP contribution in [0.3, 0.4) is 0 Å². The molecule has 0 N–H and O–H groups in total. The number of para-hydroxylation sites is 1. The van der Waals surface area contributed by atoms with E-state index in [-0.39, 0.29) is 0 Å². The van der Waals surface area contributed by atoms with Crippen LogP contribution in [0.15, 0.2) is 48.5 Å². The summed E-state index contributed by atoms with van der Waals surface area (Å²) in [6.07, 6.45) is 2.11. The Balaban J connectivity index is 2.19. The molecule has 1 aliphatic rings. The van der Waals surface area contributed by atoms with Gasteiger partial charge in [-0.25, -0.2) is 0 Å². The molecule has 1 nitrogen and oxygen atoms in total. The maximum Gasteiger partial charge on any atom is 0.0630 e. The number of benzene rings is 2. The second kappa shape index (κ2) is 4.80. The van der Waals surface area contributed by atoms with Gasteiger partial charge in [-0.3, -0.25) is 0 Å². The summed E-state index contributed by atoms with van der Waals surface area (Å²) in [5, 5.41) is 0. The standard InChI is InChI=1S/C16H13NS/c1-18-17-12-15-8-3-2-6-13(15)10-11-14-7-4-5-9-16(14)17/h2-9H,12H2,1H3. The average Bonchev–Trinajstić information content (AvgIpc) is 2.41. The lowest BCUT2D eigenvalue weighted by Crippen LogP contribution is -2.16. The molecule has 88 valence electrons. The van der Waals surface area contributed by atoms with Gasteiger partial charge in [0.25, 0.3) is 0 Å². The van der Waals surface area contributed by atoms with E-state index >= 15 is 0 Å². The SMILES string of the molecule is CSN1Cc2ccccc2C#Cc2ccccc21. The van der Waals surface area contributed by atoms with E-state index in [9.17, 15) is 0 Å². The first-order valence-corrected chi connectivity index (χ1v) is 7.07. The molecule has 0 spiro atoms. The van der Waals surface area contributed by atoms with Gasteiger partial charge in [-0.15, -0.1) is 0 Å². The van der Waals surface area contributed by atoms with E-state index in [1.807, 2.05) is 12.1 Å². The highest BCUT2D eigenvalue weighted by Gasteiger charge is 2.13. The molecule has 0 unspecified atom stereocenters. The molecule has 0 aromatic heterocycles. The molecule has 0 atom stereocenters.